The molecule has 0 aliphatic carbocycles. The van der Waals surface area contributed by atoms with Crippen LogP contribution < -0.4 is 0 Å². The lowest BCUT2D eigenvalue weighted by Gasteiger charge is -2.28. The van der Waals surface area contributed by atoms with Gasteiger partial charge in [-0.1, -0.05) is 12.1 Å². The van der Waals surface area contributed by atoms with Gasteiger partial charge in [-0.3, -0.25) is 4.90 Å². The molecule has 23 heavy (non-hydrogen) atoms. The molecule has 1 aliphatic rings. The zero-order chi connectivity index (χ0) is 16.2. The first-order valence-electron chi connectivity index (χ1n) is 8.02. The Labute approximate surface area is 135 Å². The molecule has 1 saturated heterocycles. The summed E-state index contributed by atoms with van der Waals surface area (Å²) < 4.78 is 18.2. The average Bonchev–Trinajstić information content (AvgIpc) is 3.20. The van der Waals surface area contributed by atoms with Crippen LogP contribution >= 0.6 is 0 Å². The van der Waals surface area contributed by atoms with Crippen molar-refractivity contribution in [3.63, 3.8) is 0 Å². The number of hydrogen-bond acceptors (Lipinski definition) is 4. The molecule has 1 aliphatic heterocycles. The molecule has 0 spiro atoms. The van der Waals surface area contributed by atoms with Gasteiger partial charge in [0.2, 0.25) is 0 Å². The highest BCUT2D eigenvalue weighted by molar-refractivity contribution is 5.19. The normalized spacial score (nSPS) is 21.4. The van der Waals surface area contributed by atoms with Gasteiger partial charge < -0.3 is 14.6 Å². The smallest absolute Gasteiger partial charge is 0.132 e. The Morgan fingerprint density at radius 3 is 2.65 bits per heavy atom. The molecule has 5 heteroatoms. The third kappa shape index (κ3) is 3.99. The van der Waals surface area contributed by atoms with Crippen LogP contribution in [0, 0.1) is 5.82 Å². The van der Waals surface area contributed by atoms with Gasteiger partial charge in [0, 0.05) is 12.6 Å². The van der Waals surface area contributed by atoms with Crippen molar-refractivity contribution in [2.45, 2.75) is 37.5 Å². The highest BCUT2D eigenvalue weighted by atomic mass is 19.1. The Kier molecular flexibility index (Phi) is 5.10. The first kappa shape index (κ1) is 16.2. The Hall–Kier alpha value is -1.69. The van der Waals surface area contributed by atoms with Crippen LogP contribution in [0.3, 0.4) is 0 Å². The number of aliphatic hydroxyl groups excluding tert-OH is 2. The number of furan rings is 1. The van der Waals surface area contributed by atoms with E-state index in [1.165, 1.54) is 12.1 Å². The molecule has 4 nitrogen and oxygen atoms in total. The van der Waals surface area contributed by atoms with Crippen LogP contribution in [0.15, 0.2) is 47.1 Å². The minimum absolute atomic E-state index is 0.213. The van der Waals surface area contributed by atoms with Crippen molar-refractivity contribution in [3.05, 3.63) is 59.8 Å². The van der Waals surface area contributed by atoms with E-state index in [0.29, 0.717) is 24.3 Å². The van der Waals surface area contributed by atoms with E-state index in [9.17, 15) is 14.6 Å². The Balaban J connectivity index is 1.59. The number of hydrogen-bond donors (Lipinski definition) is 2. The third-order valence-electron chi connectivity index (χ3n) is 4.53. The van der Waals surface area contributed by atoms with Gasteiger partial charge in [0.1, 0.15) is 17.7 Å². The maximum atomic E-state index is 13.0. The maximum absolute atomic E-state index is 13.0. The van der Waals surface area contributed by atoms with Crippen molar-refractivity contribution in [2.75, 3.05) is 13.1 Å². The number of rotatable bonds is 6. The fourth-order valence-corrected chi connectivity index (χ4v) is 3.27. The summed E-state index contributed by atoms with van der Waals surface area (Å²) in [7, 11) is 0. The molecule has 2 aromatic rings. The molecule has 2 heterocycles. The molecule has 0 bridgehead atoms. The molecule has 0 saturated carbocycles. The highest BCUT2D eigenvalue weighted by Gasteiger charge is 2.29. The van der Waals surface area contributed by atoms with Crippen molar-refractivity contribution in [1.29, 1.82) is 0 Å². The summed E-state index contributed by atoms with van der Waals surface area (Å²) >= 11 is 0. The number of nitrogens with zero attached hydrogens (tertiary/aromatic N) is 1. The zero-order valence-corrected chi connectivity index (χ0v) is 12.9. The van der Waals surface area contributed by atoms with Crippen LogP contribution in [0.5, 0.6) is 0 Å². The largest absolute Gasteiger partial charge is 0.467 e. The first-order valence-corrected chi connectivity index (χ1v) is 8.02. The second-order valence-electron chi connectivity index (χ2n) is 6.13. The third-order valence-corrected chi connectivity index (χ3v) is 4.53. The van der Waals surface area contributed by atoms with Gasteiger partial charge >= 0.3 is 0 Å². The zero-order valence-electron chi connectivity index (χ0n) is 12.9. The van der Waals surface area contributed by atoms with E-state index < -0.39 is 12.2 Å². The summed E-state index contributed by atoms with van der Waals surface area (Å²) in [5, 5.41) is 20.6. The molecule has 124 valence electrons. The molecule has 3 atom stereocenters. The van der Waals surface area contributed by atoms with Gasteiger partial charge in [-0.15, -0.1) is 0 Å². The number of halogens is 1. The summed E-state index contributed by atoms with van der Waals surface area (Å²) in [4.78, 5) is 2.19. The summed E-state index contributed by atoms with van der Waals surface area (Å²) in [6.45, 7) is 1.38. The standard InChI is InChI=1S/C18H22FNO3/c19-14-7-5-13(6-8-14)17(22)12-20-9-1-3-15(20)11-16(21)18-4-2-10-23-18/h2,4-8,10,15-17,21-22H,1,3,9,11-12H2. The fourth-order valence-electron chi connectivity index (χ4n) is 3.27. The lowest BCUT2D eigenvalue weighted by molar-refractivity contribution is 0.0708. The van der Waals surface area contributed by atoms with Gasteiger partial charge in [-0.05, 0) is 55.6 Å². The lowest BCUT2D eigenvalue weighted by Crippen LogP contribution is -2.34. The molecule has 3 rings (SSSR count). The summed E-state index contributed by atoms with van der Waals surface area (Å²) in [5.74, 6) is 0.275. The first-order chi connectivity index (χ1) is 11.1. The number of aliphatic hydroxyl groups is 2. The fraction of sp³-hybridized carbons (Fsp3) is 0.444. The molecule has 3 unspecified atom stereocenters. The minimum Gasteiger partial charge on any atom is -0.467 e. The molecule has 1 aromatic heterocycles. The SMILES string of the molecule is OC(CN1CCCC1CC(O)c1ccco1)c1ccc(F)cc1. The molecule has 1 aromatic carbocycles. The Morgan fingerprint density at radius 2 is 1.96 bits per heavy atom. The molecule has 0 amide bonds. The van der Waals surface area contributed by atoms with Crippen molar-refractivity contribution in [3.8, 4) is 0 Å². The number of likely N-dealkylation sites (tertiary alicyclic amines) is 1. The van der Waals surface area contributed by atoms with Gasteiger partial charge in [0.25, 0.3) is 0 Å². The molecule has 0 radical (unpaired) electrons. The van der Waals surface area contributed by atoms with E-state index in [4.69, 9.17) is 4.42 Å². The van der Waals surface area contributed by atoms with Gasteiger partial charge in [0.15, 0.2) is 0 Å². The van der Waals surface area contributed by atoms with Crippen LogP contribution in [0.1, 0.15) is 42.8 Å². The van der Waals surface area contributed by atoms with E-state index in [2.05, 4.69) is 4.90 Å². The number of benzene rings is 1. The topological polar surface area (TPSA) is 56.8 Å². The predicted molar refractivity (Wildman–Crippen MR) is 84.2 cm³/mol. The molecular weight excluding hydrogens is 297 g/mol. The quantitative estimate of drug-likeness (QED) is 0.859. The Morgan fingerprint density at radius 1 is 1.17 bits per heavy atom. The van der Waals surface area contributed by atoms with Gasteiger partial charge in [-0.25, -0.2) is 4.39 Å². The number of β-amino-alcohol motifs (C(OH)–C–C–N with tert-alkyl or cyclic N) is 1. The minimum atomic E-state index is -0.656. The lowest BCUT2D eigenvalue weighted by atomic mass is 10.0. The van der Waals surface area contributed by atoms with E-state index in [1.807, 2.05) is 0 Å². The van der Waals surface area contributed by atoms with Crippen LogP contribution in [0.25, 0.3) is 0 Å². The summed E-state index contributed by atoms with van der Waals surface area (Å²) in [6.07, 6.45) is 2.91. The van der Waals surface area contributed by atoms with Crippen molar-refractivity contribution in [2.24, 2.45) is 0 Å². The second kappa shape index (κ2) is 7.25. The molecular formula is C18H22FNO3. The van der Waals surface area contributed by atoms with Crippen molar-refractivity contribution in [1.82, 2.24) is 4.90 Å². The van der Waals surface area contributed by atoms with Crippen LogP contribution in [-0.4, -0.2) is 34.2 Å². The van der Waals surface area contributed by atoms with E-state index >= 15 is 0 Å². The maximum Gasteiger partial charge on any atom is 0.132 e. The molecule has 1 fully saturated rings. The average molecular weight is 319 g/mol. The summed E-state index contributed by atoms with van der Waals surface area (Å²) in [6, 6.07) is 9.71. The van der Waals surface area contributed by atoms with Crippen LogP contribution in [0.4, 0.5) is 4.39 Å². The van der Waals surface area contributed by atoms with Crippen LogP contribution in [-0.2, 0) is 0 Å². The van der Waals surface area contributed by atoms with Gasteiger partial charge in [-0.2, -0.15) is 0 Å². The predicted octanol–water partition coefficient (Wildman–Crippen LogP) is 3.04. The second-order valence-corrected chi connectivity index (χ2v) is 6.13. The van der Waals surface area contributed by atoms with Crippen LogP contribution in [0.2, 0.25) is 0 Å². The summed E-state index contributed by atoms with van der Waals surface area (Å²) in [5.41, 5.74) is 0.712. The van der Waals surface area contributed by atoms with E-state index in [-0.39, 0.29) is 11.9 Å². The molecule has 2 N–H and O–H groups in total. The van der Waals surface area contributed by atoms with Crippen molar-refractivity contribution < 1.29 is 19.0 Å². The van der Waals surface area contributed by atoms with Crippen molar-refractivity contribution >= 4 is 0 Å². The van der Waals surface area contributed by atoms with E-state index in [0.717, 1.165) is 19.4 Å². The Bertz CT molecular complexity index is 599. The van der Waals surface area contributed by atoms with Gasteiger partial charge in [0.05, 0.1) is 12.4 Å². The van der Waals surface area contributed by atoms with E-state index in [1.54, 1.807) is 30.5 Å². The monoisotopic (exact) mass is 319 g/mol. The highest BCUT2D eigenvalue weighted by Crippen LogP contribution is 2.29.